The molecule has 1 fully saturated rings. The number of amides is 1. The first-order chi connectivity index (χ1) is 6.15. The maximum absolute atomic E-state index is 11.1. The van der Waals surface area contributed by atoms with E-state index in [2.05, 4.69) is 19.2 Å². The predicted octanol–water partition coefficient (Wildman–Crippen LogP) is 0.683. The summed E-state index contributed by atoms with van der Waals surface area (Å²) in [5, 5.41) is 3.20. The normalized spacial score (nSPS) is 19.4. The van der Waals surface area contributed by atoms with Crippen LogP contribution in [0.15, 0.2) is 0 Å². The number of hydrogen-bond donors (Lipinski definition) is 1. The molecule has 0 aliphatic carbocycles. The Morgan fingerprint density at radius 1 is 1.62 bits per heavy atom. The number of carbonyl (C=O) groups excluding carboxylic acids is 1. The van der Waals surface area contributed by atoms with Gasteiger partial charge in [-0.05, 0) is 13.0 Å². The quantitative estimate of drug-likeness (QED) is 0.702. The second kappa shape index (κ2) is 4.46. The van der Waals surface area contributed by atoms with Crippen LogP contribution in [0.4, 0.5) is 4.79 Å². The van der Waals surface area contributed by atoms with Crippen molar-refractivity contribution in [3.05, 3.63) is 0 Å². The Kier molecular flexibility index (Phi) is 3.54. The molecule has 1 saturated heterocycles. The first-order valence-electron chi connectivity index (χ1n) is 4.74. The van der Waals surface area contributed by atoms with Crippen molar-refractivity contribution in [1.82, 2.24) is 10.2 Å². The minimum Gasteiger partial charge on any atom is -0.448 e. The smallest absolute Gasteiger partial charge is 0.409 e. The summed E-state index contributed by atoms with van der Waals surface area (Å²) < 4.78 is 4.85. The zero-order valence-corrected chi connectivity index (χ0v) is 8.54. The van der Waals surface area contributed by atoms with Crippen molar-refractivity contribution in [2.45, 2.75) is 19.9 Å². The summed E-state index contributed by atoms with van der Waals surface area (Å²) in [5.74, 6) is 0.526. The van der Waals surface area contributed by atoms with E-state index in [1.807, 2.05) is 7.05 Å². The summed E-state index contributed by atoms with van der Waals surface area (Å²) in [6, 6.07) is 0.352. The molecule has 4 nitrogen and oxygen atoms in total. The fourth-order valence-electron chi connectivity index (χ4n) is 1.46. The third-order valence-electron chi connectivity index (χ3n) is 2.44. The van der Waals surface area contributed by atoms with E-state index < -0.39 is 0 Å². The first-order valence-corrected chi connectivity index (χ1v) is 4.74. The zero-order chi connectivity index (χ0) is 9.84. The number of cyclic esters (lactones) is 1. The lowest BCUT2D eigenvalue weighted by molar-refractivity contribution is 0.154. The van der Waals surface area contributed by atoms with Crippen LogP contribution < -0.4 is 5.32 Å². The predicted molar refractivity (Wildman–Crippen MR) is 50.6 cm³/mol. The van der Waals surface area contributed by atoms with Gasteiger partial charge in [0.05, 0.1) is 6.54 Å². The van der Waals surface area contributed by atoms with E-state index in [1.54, 1.807) is 4.90 Å². The Balaban J connectivity index is 2.41. The molecule has 1 heterocycles. The van der Waals surface area contributed by atoms with Crippen LogP contribution in [0.2, 0.25) is 0 Å². The number of carbonyl (C=O) groups is 1. The molecule has 1 atom stereocenters. The third-order valence-corrected chi connectivity index (χ3v) is 2.44. The van der Waals surface area contributed by atoms with Gasteiger partial charge in [0.1, 0.15) is 6.61 Å². The van der Waals surface area contributed by atoms with Crippen LogP contribution in [0.25, 0.3) is 0 Å². The van der Waals surface area contributed by atoms with E-state index in [-0.39, 0.29) is 6.09 Å². The summed E-state index contributed by atoms with van der Waals surface area (Å²) in [6.07, 6.45) is -0.180. The maximum atomic E-state index is 11.1. The lowest BCUT2D eigenvalue weighted by atomic mass is 10.0. The standard InChI is InChI=1S/C9H18N2O2/c1-7(2)8(10-3)6-11-4-5-13-9(11)12/h7-8,10H,4-6H2,1-3H3. The summed E-state index contributed by atoms with van der Waals surface area (Å²) in [4.78, 5) is 12.9. The van der Waals surface area contributed by atoms with Crippen molar-refractivity contribution in [1.29, 1.82) is 0 Å². The van der Waals surface area contributed by atoms with Gasteiger partial charge in [0.2, 0.25) is 0 Å². The summed E-state index contributed by atoms with van der Waals surface area (Å²) in [5.41, 5.74) is 0. The molecular weight excluding hydrogens is 168 g/mol. The third kappa shape index (κ3) is 2.59. The van der Waals surface area contributed by atoms with Gasteiger partial charge in [0.15, 0.2) is 0 Å². The van der Waals surface area contributed by atoms with Gasteiger partial charge in [0, 0.05) is 12.6 Å². The van der Waals surface area contributed by atoms with E-state index in [1.165, 1.54) is 0 Å². The van der Waals surface area contributed by atoms with Crippen LogP contribution in [0, 0.1) is 5.92 Å². The molecule has 0 aromatic rings. The summed E-state index contributed by atoms with van der Waals surface area (Å²) in [6.45, 7) is 6.29. The van der Waals surface area contributed by atoms with Crippen molar-refractivity contribution < 1.29 is 9.53 Å². The largest absolute Gasteiger partial charge is 0.448 e. The maximum Gasteiger partial charge on any atom is 0.409 e. The SMILES string of the molecule is CNC(CN1CCOC1=O)C(C)C. The van der Waals surface area contributed by atoms with Crippen molar-refractivity contribution in [3.8, 4) is 0 Å². The highest BCUT2D eigenvalue weighted by molar-refractivity contribution is 5.69. The van der Waals surface area contributed by atoms with Gasteiger partial charge < -0.3 is 15.0 Å². The van der Waals surface area contributed by atoms with Crippen molar-refractivity contribution in [2.24, 2.45) is 5.92 Å². The van der Waals surface area contributed by atoms with Gasteiger partial charge in [-0.1, -0.05) is 13.8 Å². The molecule has 13 heavy (non-hydrogen) atoms. The first kappa shape index (κ1) is 10.3. The topological polar surface area (TPSA) is 41.6 Å². The lowest BCUT2D eigenvalue weighted by Crippen LogP contribution is -2.43. The van der Waals surface area contributed by atoms with Crippen LogP contribution in [0.5, 0.6) is 0 Å². The lowest BCUT2D eigenvalue weighted by Gasteiger charge is -2.24. The molecule has 0 radical (unpaired) electrons. The van der Waals surface area contributed by atoms with Crippen LogP contribution in [-0.2, 0) is 4.74 Å². The monoisotopic (exact) mass is 186 g/mol. The molecule has 1 unspecified atom stereocenters. The second-order valence-corrected chi connectivity index (χ2v) is 3.70. The molecule has 1 N–H and O–H groups in total. The molecule has 1 aliphatic rings. The van der Waals surface area contributed by atoms with Gasteiger partial charge >= 0.3 is 6.09 Å². The molecule has 0 aromatic carbocycles. The Hall–Kier alpha value is -0.770. The Labute approximate surface area is 79.2 Å². The van der Waals surface area contributed by atoms with Gasteiger partial charge in [-0.3, -0.25) is 0 Å². The molecule has 76 valence electrons. The second-order valence-electron chi connectivity index (χ2n) is 3.70. The molecule has 0 saturated carbocycles. The number of ether oxygens (including phenoxy) is 1. The van der Waals surface area contributed by atoms with Crippen LogP contribution >= 0.6 is 0 Å². The van der Waals surface area contributed by atoms with Crippen molar-refractivity contribution in [2.75, 3.05) is 26.7 Å². The highest BCUT2D eigenvalue weighted by Crippen LogP contribution is 2.08. The minimum absolute atomic E-state index is 0.180. The van der Waals surface area contributed by atoms with E-state index >= 15 is 0 Å². The van der Waals surface area contributed by atoms with Gasteiger partial charge in [0.25, 0.3) is 0 Å². The van der Waals surface area contributed by atoms with E-state index in [9.17, 15) is 4.79 Å². The van der Waals surface area contributed by atoms with E-state index in [0.29, 0.717) is 18.6 Å². The fraction of sp³-hybridized carbons (Fsp3) is 0.889. The van der Waals surface area contributed by atoms with E-state index in [0.717, 1.165) is 13.1 Å². The van der Waals surface area contributed by atoms with Crippen LogP contribution in [-0.4, -0.2) is 43.8 Å². The molecule has 4 heteroatoms. The summed E-state index contributed by atoms with van der Waals surface area (Å²) in [7, 11) is 1.92. The number of likely N-dealkylation sites (N-methyl/N-ethyl adjacent to an activating group) is 1. The number of rotatable bonds is 4. The van der Waals surface area contributed by atoms with Gasteiger partial charge in [-0.25, -0.2) is 4.79 Å². The highest BCUT2D eigenvalue weighted by atomic mass is 16.6. The molecule has 0 aromatic heterocycles. The molecule has 1 amide bonds. The number of nitrogens with zero attached hydrogens (tertiary/aromatic N) is 1. The molecule has 1 rings (SSSR count). The van der Waals surface area contributed by atoms with Crippen molar-refractivity contribution >= 4 is 6.09 Å². The van der Waals surface area contributed by atoms with Crippen LogP contribution in [0.1, 0.15) is 13.8 Å². The number of hydrogen-bond acceptors (Lipinski definition) is 3. The molecule has 0 bridgehead atoms. The van der Waals surface area contributed by atoms with Crippen LogP contribution in [0.3, 0.4) is 0 Å². The Morgan fingerprint density at radius 3 is 2.69 bits per heavy atom. The van der Waals surface area contributed by atoms with Gasteiger partial charge in [-0.15, -0.1) is 0 Å². The molecule has 0 spiro atoms. The molecule has 1 aliphatic heterocycles. The number of nitrogens with one attached hydrogen (secondary N) is 1. The average molecular weight is 186 g/mol. The van der Waals surface area contributed by atoms with Crippen molar-refractivity contribution in [3.63, 3.8) is 0 Å². The van der Waals surface area contributed by atoms with Gasteiger partial charge in [-0.2, -0.15) is 0 Å². The average Bonchev–Trinajstić information content (AvgIpc) is 2.46. The van der Waals surface area contributed by atoms with E-state index in [4.69, 9.17) is 4.74 Å². The summed E-state index contributed by atoms with van der Waals surface area (Å²) >= 11 is 0. The highest BCUT2D eigenvalue weighted by Gasteiger charge is 2.25. The Bertz CT molecular complexity index is 182. The zero-order valence-electron chi connectivity index (χ0n) is 8.54. The molecular formula is C9H18N2O2. The fourth-order valence-corrected chi connectivity index (χ4v) is 1.46. The Morgan fingerprint density at radius 2 is 2.31 bits per heavy atom. The minimum atomic E-state index is -0.180.